The van der Waals surface area contributed by atoms with Crippen LogP contribution in [0.3, 0.4) is 0 Å². The smallest absolute Gasteiger partial charge is 0.0435 e. The lowest BCUT2D eigenvalue weighted by Crippen LogP contribution is -1.95. The van der Waals surface area contributed by atoms with Crippen molar-refractivity contribution in [2.75, 3.05) is 0 Å². The van der Waals surface area contributed by atoms with Gasteiger partial charge in [-0.1, -0.05) is 44.0 Å². The van der Waals surface area contributed by atoms with Gasteiger partial charge >= 0.3 is 0 Å². The van der Waals surface area contributed by atoms with Gasteiger partial charge in [-0.3, -0.25) is 0 Å². The molecule has 0 bridgehead atoms. The lowest BCUT2D eigenvalue weighted by molar-refractivity contribution is 0.516. The van der Waals surface area contributed by atoms with Crippen LogP contribution in [0, 0.1) is 12.8 Å². The summed E-state index contributed by atoms with van der Waals surface area (Å²) in [5.74, 6) is 0.825. The second-order valence-electron chi connectivity index (χ2n) is 4.14. The van der Waals surface area contributed by atoms with Crippen molar-refractivity contribution in [2.24, 2.45) is 5.92 Å². The summed E-state index contributed by atoms with van der Waals surface area (Å²) < 4.78 is 0. The zero-order valence-electron chi connectivity index (χ0n) is 9.31. The Kier molecular flexibility index (Phi) is 4.47. The van der Waals surface area contributed by atoms with Gasteiger partial charge in [-0.25, -0.2) is 0 Å². The standard InChI is InChI=1S/C13H19Cl/c1-4-10(2)5-6-12-7-8-13(14)11(3)9-12/h7-10H,4-6H2,1-3H3. The molecule has 0 radical (unpaired) electrons. The van der Waals surface area contributed by atoms with E-state index in [2.05, 4.69) is 32.9 Å². The van der Waals surface area contributed by atoms with Crippen molar-refractivity contribution in [1.82, 2.24) is 0 Å². The van der Waals surface area contributed by atoms with Crippen LogP contribution in [0.4, 0.5) is 0 Å². The van der Waals surface area contributed by atoms with Crippen LogP contribution >= 0.6 is 11.6 Å². The molecule has 1 unspecified atom stereocenters. The highest BCUT2D eigenvalue weighted by Crippen LogP contribution is 2.18. The average molecular weight is 211 g/mol. The Balaban J connectivity index is 2.55. The van der Waals surface area contributed by atoms with Crippen molar-refractivity contribution in [1.29, 1.82) is 0 Å². The second-order valence-corrected chi connectivity index (χ2v) is 4.54. The predicted octanol–water partition coefficient (Wildman–Crippen LogP) is 4.63. The molecule has 0 spiro atoms. The number of hydrogen-bond acceptors (Lipinski definition) is 0. The largest absolute Gasteiger partial charge is 0.0841 e. The summed E-state index contributed by atoms with van der Waals surface area (Å²) in [5.41, 5.74) is 2.60. The van der Waals surface area contributed by atoms with Crippen molar-refractivity contribution >= 4 is 11.6 Å². The van der Waals surface area contributed by atoms with Gasteiger partial charge in [0.2, 0.25) is 0 Å². The van der Waals surface area contributed by atoms with E-state index < -0.39 is 0 Å². The number of halogens is 1. The minimum atomic E-state index is 0.825. The molecule has 0 fully saturated rings. The monoisotopic (exact) mass is 210 g/mol. The van der Waals surface area contributed by atoms with E-state index in [0.29, 0.717) is 0 Å². The van der Waals surface area contributed by atoms with E-state index in [1.54, 1.807) is 0 Å². The van der Waals surface area contributed by atoms with Crippen LogP contribution in [0.5, 0.6) is 0 Å². The van der Waals surface area contributed by atoms with Crippen LogP contribution in [-0.4, -0.2) is 0 Å². The zero-order valence-corrected chi connectivity index (χ0v) is 10.1. The molecule has 1 atom stereocenters. The first-order chi connectivity index (χ1) is 6.63. The molecular weight excluding hydrogens is 192 g/mol. The van der Waals surface area contributed by atoms with Crippen LogP contribution in [0.2, 0.25) is 5.02 Å². The van der Waals surface area contributed by atoms with E-state index >= 15 is 0 Å². The van der Waals surface area contributed by atoms with Gasteiger partial charge in [-0.15, -0.1) is 0 Å². The van der Waals surface area contributed by atoms with E-state index in [0.717, 1.165) is 10.9 Å². The highest BCUT2D eigenvalue weighted by molar-refractivity contribution is 6.31. The van der Waals surface area contributed by atoms with Crippen molar-refractivity contribution < 1.29 is 0 Å². The Hall–Kier alpha value is -0.490. The van der Waals surface area contributed by atoms with Crippen LogP contribution in [0.15, 0.2) is 18.2 Å². The lowest BCUT2D eigenvalue weighted by atomic mass is 9.98. The van der Waals surface area contributed by atoms with Gasteiger partial charge in [0.15, 0.2) is 0 Å². The fourth-order valence-corrected chi connectivity index (χ4v) is 1.60. The molecule has 14 heavy (non-hydrogen) atoms. The second kappa shape index (κ2) is 5.41. The Morgan fingerprint density at radius 1 is 1.36 bits per heavy atom. The van der Waals surface area contributed by atoms with E-state index in [4.69, 9.17) is 11.6 Å². The van der Waals surface area contributed by atoms with Crippen LogP contribution < -0.4 is 0 Å². The molecule has 1 heteroatoms. The minimum absolute atomic E-state index is 0.825. The zero-order chi connectivity index (χ0) is 10.6. The summed E-state index contributed by atoms with van der Waals surface area (Å²) in [6.07, 6.45) is 3.72. The Labute approximate surface area is 92.3 Å². The third kappa shape index (κ3) is 3.34. The molecule has 0 nitrogen and oxygen atoms in total. The van der Waals surface area contributed by atoms with Gasteiger partial charge in [0, 0.05) is 5.02 Å². The van der Waals surface area contributed by atoms with Crippen molar-refractivity contribution in [2.45, 2.75) is 40.0 Å². The normalized spacial score (nSPS) is 12.9. The number of hydrogen-bond donors (Lipinski definition) is 0. The number of aryl methyl sites for hydroxylation is 2. The summed E-state index contributed by atoms with van der Waals surface area (Å²) in [6.45, 7) is 6.62. The highest BCUT2D eigenvalue weighted by Gasteiger charge is 2.01. The summed E-state index contributed by atoms with van der Waals surface area (Å²) >= 11 is 5.97. The van der Waals surface area contributed by atoms with E-state index in [1.807, 2.05) is 6.07 Å². The summed E-state index contributed by atoms with van der Waals surface area (Å²) in [6, 6.07) is 6.34. The summed E-state index contributed by atoms with van der Waals surface area (Å²) in [4.78, 5) is 0. The van der Waals surface area contributed by atoms with Crippen LogP contribution in [0.1, 0.15) is 37.8 Å². The molecule has 78 valence electrons. The molecule has 0 saturated carbocycles. The molecule has 0 aliphatic heterocycles. The maximum Gasteiger partial charge on any atom is 0.0435 e. The molecular formula is C13H19Cl. The molecule has 0 heterocycles. The Morgan fingerprint density at radius 2 is 2.07 bits per heavy atom. The van der Waals surface area contributed by atoms with E-state index in [-0.39, 0.29) is 0 Å². The lowest BCUT2D eigenvalue weighted by Gasteiger charge is -2.08. The van der Waals surface area contributed by atoms with E-state index in [1.165, 1.54) is 30.4 Å². The predicted molar refractivity (Wildman–Crippen MR) is 64.0 cm³/mol. The van der Waals surface area contributed by atoms with Gasteiger partial charge in [0.05, 0.1) is 0 Å². The molecule has 0 aliphatic rings. The first-order valence-corrected chi connectivity index (χ1v) is 5.76. The summed E-state index contributed by atoms with van der Waals surface area (Å²) in [5, 5.41) is 0.872. The molecule has 1 rings (SSSR count). The maximum absolute atomic E-state index is 5.97. The van der Waals surface area contributed by atoms with Gasteiger partial charge in [0.25, 0.3) is 0 Å². The summed E-state index contributed by atoms with van der Waals surface area (Å²) in [7, 11) is 0. The highest BCUT2D eigenvalue weighted by atomic mass is 35.5. The first kappa shape index (κ1) is 11.6. The third-order valence-corrected chi connectivity index (χ3v) is 3.27. The molecule has 0 saturated heterocycles. The molecule has 0 amide bonds. The average Bonchev–Trinajstić information content (AvgIpc) is 2.19. The van der Waals surface area contributed by atoms with Gasteiger partial charge in [-0.05, 0) is 42.9 Å². The van der Waals surface area contributed by atoms with Crippen molar-refractivity contribution in [3.8, 4) is 0 Å². The number of rotatable bonds is 4. The van der Waals surface area contributed by atoms with Gasteiger partial charge < -0.3 is 0 Å². The third-order valence-electron chi connectivity index (χ3n) is 2.85. The molecule has 0 aliphatic carbocycles. The molecule has 0 aromatic heterocycles. The van der Waals surface area contributed by atoms with Crippen molar-refractivity contribution in [3.05, 3.63) is 34.3 Å². The van der Waals surface area contributed by atoms with Gasteiger partial charge in [0.1, 0.15) is 0 Å². The Morgan fingerprint density at radius 3 is 2.64 bits per heavy atom. The molecule has 1 aromatic rings. The van der Waals surface area contributed by atoms with Gasteiger partial charge in [-0.2, -0.15) is 0 Å². The maximum atomic E-state index is 5.97. The van der Waals surface area contributed by atoms with Crippen molar-refractivity contribution in [3.63, 3.8) is 0 Å². The number of benzene rings is 1. The van der Waals surface area contributed by atoms with Crippen LogP contribution in [0.25, 0.3) is 0 Å². The quantitative estimate of drug-likeness (QED) is 0.680. The Bertz CT molecular complexity index is 291. The first-order valence-electron chi connectivity index (χ1n) is 5.38. The fourth-order valence-electron chi connectivity index (χ4n) is 1.48. The minimum Gasteiger partial charge on any atom is -0.0841 e. The molecule has 1 aromatic carbocycles. The SMILES string of the molecule is CCC(C)CCc1ccc(Cl)c(C)c1. The topological polar surface area (TPSA) is 0 Å². The van der Waals surface area contributed by atoms with Crippen LogP contribution in [-0.2, 0) is 6.42 Å². The van der Waals surface area contributed by atoms with E-state index in [9.17, 15) is 0 Å². The molecule has 0 N–H and O–H groups in total. The fraction of sp³-hybridized carbons (Fsp3) is 0.538.